The number of anilines is 2. The van der Waals surface area contributed by atoms with Gasteiger partial charge >= 0.3 is 0 Å². The second kappa shape index (κ2) is 10.1. The maximum atomic E-state index is 13.5. The fraction of sp³-hybridized carbons (Fsp3) is 0.192. The van der Waals surface area contributed by atoms with Crippen LogP contribution in [-0.2, 0) is 16.1 Å². The second-order valence-corrected chi connectivity index (χ2v) is 9.23. The second-order valence-electron chi connectivity index (χ2n) is 8.28. The van der Waals surface area contributed by atoms with Gasteiger partial charge in [-0.3, -0.25) is 19.1 Å². The van der Waals surface area contributed by atoms with E-state index in [1.165, 1.54) is 11.8 Å². The van der Waals surface area contributed by atoms with Gasteiger partial charge in [0.15, 0.2) is 11.0 Å². The molecule has 1 atom stereocenters. The third-order valence-electron chi connectivity index (χ3n) is 5.79. The zero-order valence-corrected chi connectivity index (χ0v) is 20.0. The molecule has 2 aromatic heterocycles. The van der Waals surface area contributed by atoms with E-state index in [2.05, 4.69) is 32.6 Å². The third-order valence-corrected chi connectivity index (χ3v) is 6.74. The molecule has 0 spiro atoms. The topological polar surface area (TPSA) is 93.0 Å². The average molecular weight is 485 g/mol. The van der Waals surface area contributed by atoms with Crippen LogP contribution < -0.4 is 10.2 Å². The summed E-state index contributed by atoms with van der Waals surface area (Å²) in [5, 5.41) is 12.4. The lowest BCUT2D eigenvalue weighted by atomic mass is 10.2. The summed E-state index contributed by atoms with van der Waals surface area (Å²) in [5.74, 6) is 0.689. The van der Waals surface area contributed by atoms with Crippen LogP contribution in [0.5, 0.6) is 0 Å². The Kier molecular flexibility index (Phi) is 6.58. The van der Waals surface area contributed by atoms with E-state index in [-0.39, 0.29) is 30.0 Å². The van der Waals surface area contributed by atoms with Crippen LogP contribution in [0.2, 0.25) is 0 Å². The molecule has 2 aromatic carbocycles. The lowest BCUT2D eigenvalue weighted by Crippen LogP contribution is -2.40. The summed E-state index contributed by atoms with van der Waals surface area (Å²) in [5.41, 5.74) is 3.36. The Bertz CT molecular complexity index is 1340. The maximum absolute atomic E-state index is 13.5. The highest BCUT2D eigenvalue weighted by atomic mass is 32.2. The summed E-state index contributed by atoms with van der Waals surface area (Å²) in [6.07, 6.45) is 3.68. The van der Waals surface area contributed by atoms with Crippen LogP contribution in [0.4, 0.5) is 11.4 Å². The van der Waals surface area contributed by atoms with Gasteiger partial charge in [0.05, 0.1) is 23.7 Å². The molecule has 1 aliphatic heterocycles. The van der Waals surface area contributed by atoms with E-state index >= 15 is 0 Å². The first-order valence-corrected chi connectivity index (χ1v) is 12.3. The molecule has 5 rings (SSSR count). The largest absolute Gasteiger partial charge is 0.324 e. The van der Waals surface area contributed by atoms with Gasteiger partial charge in [0.2, 0.25) is 11.8 Å². The van der Waals surface area contributed by atoms with Crippen LogP contribution in [0, 0.1) is 0 Å². The van der Waals surface area contributed by atoms with E-state index in [9.17, 15) is 9.59 Å². The number of hydrogen-bond acceptors (Lipinski definition) is 6. The van der Waals surface area contributed by atoms with Crippen LogP contribution in [0.3, 0.4) is 0 Å². The highest BCUT2D eigenvalue weighted by molar-refractivity contribution is 7.99. The van der Waals surface area contributed by atoms with Crippen molar-refractivity contribution < 1.29 is 9.59 Å². The van der Waals surface area contributed by atoms with Crippen molar-refractivity contribution in [3.63, 3.8) is 0 Å². The highest BCUT2D eigenvalue weighted by Crippen LogP contribution is 2.32. The summed E-state index contributed by atoms with van der Waals surface area (Å²) in [7, 11) is 0. The van der Waals surface area contributed by atoms with Gasteiger partial charge < -0.3 is 10.2 Å². The minimum atomic E-state index is -0.263. The van der Waals surface area contributed by atoms with Gasteiger partial charge in [-0.05, 0) is 36.8 Å². The van der Waals surface area contributed by atoms with Crippen LogP contribution in [0.25, 0.3) is 11.4 Å². The molecule has 0 saturated heterocycles. The number of thioether (sulfide) groups is 1. The van der Waals surface area contributed by atoms with Gasteiger partial charge in [-0.15, -0.1) is 10.2 Å². The summed E-state index contributed by atoms with van der Waals surface area (Å²) in [6, 6.07) is 21.0. The number of hydrogen-bond donors (Lipinski definition) is 1. The van der Waals surface area contributed by atoms with Crippen molar-refractivity contribution in [3.05, 3.63) is 84.7 Å². The monoisotopic (exact) mass is 484 g/mol. The normalized spacial score (nSPS) is 15.3. The van der Waals surface area contributed by atoms with E-state index in [0.29, 0.717) is 23.1 Å². The molecule has 3 heterocycles. The molecule has 9 heteroatoms. The Labute approximate surface area is 207 Å². The van der Waals surface area contributed by atoms with Crippen molar-refractivity contribution in [1.29, 1.82) is 0 Å². The quantitative estimate of drug-likeness (QED) is 0.412. The van der Waals surface area contributed by atoms with Crippen LogP contribution >= 0.6 is 11.8 Å². The molecule has 0 unspecified atom stereocenters. The minimum absolute atomic E-state index is 0.0915. The third kappa shape index (κ3) is 4.95. The van der Waals surface area contributed by atoms with Crippen molar-refractivity contribution in [2.24, 2.45) is 0 Å². The lowest BCUT2D eigenvalue weighted by Gasteiger charge is -2.27. The Hall–Kier alpha value is -3.98. The number of pyridine rings is 1. The van der Waals surface area contributed by atoms with E-state index in [1.807, 2.05) is 66.1 Å². The first kappa shape index (κ1) is 22.8. The Morgan fingerprint density at radius 2 is 1.77 bits per heavy atom. The maximum Gasteiger partial charge on any atom is 0.237 e. The number of amides is 2. The van der Waals surface area contributed by atoms with E-state index in [4.69, 9.17) is 0 Å². The molecule has 35 heavy (non-hydrogen) atoms. The number of carbonyl (C=O) groups is 2. The van der Waals surface area contributed by atoms with E-state index in [0.717, 1.165) is 17.0 Å². The number of nitrogens with zero attached hydrogens (tertiary/aromatic N) is 5. The smallest absolute Gasteiger partial charge is 0.237 e. The summed E-state index contributed by atoms with van der Waals surface area (Å²) in [6.45, 7) is 2.47. The molecule has 8 nitrogen and oxygen atoms in total. The molecule has 0 bridgehead atoms. The minimum Gasteiger partial charge on any atom is -0.324 e. The fourth-order valence-electron chi connectivity index (χ4n) is 4.18. The average Bonchev–Trinajstić information content (AvgIpc) is 3.21. The predicted octanol–water partition coefficient (Wildman–Crippen LogP) is 4.24. The first-order valence-electron chi connectivity index (χ1n) is 11.3. The summed E-state index contributed by atoms with van der Waals surface area (Å²) < 4.78 is 2.02. The number of aromatic nitrogens is 4. The van der Waals surface area contributed by atoms with E-state index in [1.54, 1.807) is 17.3 Å². The molecule has 2 amide bonds. The van der Waals surface area contributed by atoms with Crippen LogP contribution in [0.1, 0.15) is 18.9 Å². The van der Waals surface area contributed by atoms with Gasteiger partial charge in [0.25, 0.3) is 0 Å². The number of fused-ring (bicyclic) bond motifs is 1. The molecule has 1 N–H and O–H groups in total. The zero-order valence-electron chi connectivity index (χ0n) is 19.2. The number of para-hydroxylation sites is 2. The SMILES string of the molecule is C[C@@H]1CC(=O)Nc2ccccc2N1C(=O)CSc1nnc(-c2ccncc2)n1Cc1ccccc1. The first-order chi connectivity index (χ1) is 17.1. The molecule has 176 valence electrons. The van der Waals surface area contributed by atoms with Crippen molar-refractivity contribution >= 4 is 35.0 Å². The highest BCUT2D eigenvalue weighted by Gasteiger charge is 2.30. The van der Waals surface area contributed by atoms with Gasteiger partial charge in [-0.25, -0.2) is 0 Å². The zero-order chi connectivity index (χ0) is 24.2. The van der Waals surface area contributed by atoms with Gasteiger partial charge in [-0.2, -0.15) is 0 Å². The molecule has 0 radical (unpaired) electrons. The van der Waals surface area contributed by atoms with Crippen LogP contribution in [0.15, 0.2) is 84.3 Å². The summed E-state index contributed by atoms with van der Waals surface area (Å²) in [4.78, 5) is 31.5. The molecule has 0 saturated carbocycles. The Balaban J connectivity index is 1.42. The summed E-state index contributed by atoms with van der Waals surface area (Å²) >= 11 is 1.35. The number of carbonyl (C=O) groups excluding carboxylic acids is 2. The Morgan fingerprint density at radius 1 is 1.03 bits per heavy atom. The number of rotatable bonds is 6. The van der Waals surface area contributed by atoms with Gasteiger partial charge in [-0.1, -0.05) is 54.2 Å². The molecular weight excluding hydrogens is 460 g/mol. The number of nitrogens with one attached hydrogen (secondary N) is 1. The van der Waals surface area contributed by atoms with Crippen molar-refractivity contribution in [3.8, 4) is 11.4 Å². The Morgan fingerprint density at radius 3 is 2.57 bits per heavy atom. The molecule has 0 fully saturated rings. The van der Waals surface area contributed by atoms with Crippen LogP contribution in [-0.4, -0.2) is 43.4 Å². The van der Waals surface area contributed by atoms with Gasteiger partial charge in [0, 0.05) is 30.4 Å². The van der Waals surface area contributed by atoms with E-state index < -0.39 is 0 Å². The lowest BCUT2D eigenvalue weighted by molar-refractivity contribution is -0.117. The fourth-order valence-corrected chi connectivity index (χ4v) is 4.98. The molecule has 1 aliphatic rings. The predicted molar refractivity (Wildman–Crippen MR) is 136 cm³/mol. The molecule has 0 aliphatic carbocycles. The van der Waals surface area contributed by atoms with Crippen molar-refractivity contribution in [2.45, 2.75) is 31.1 Å². The molecule has 4 aromatic rings. The van der Waals surface area contributed by atoms with Gasteiger partial charge in [0.1, 0.15) is 0 Å². The standard InChI is InChI=1S/C26H24N6O2S/c1-18-15-23(33)28-21-9-5-6-10-22(21)32(18)24(34)17-35-26-30-29-25(20-11-13-27-14-12-20)31(26)16-19-7-3-2-4-8-19/h2-14,18H,15-17H2,1H3,(H,28,33)/t18-/m1/s1. The molecular formula is C26H24N6O2S. The van der Waals surface area contributed by atoms with Crippen molar-refractivity contribution in [2.75, 3.05) is 16.0 Å². The number of benzene rings is 2. The van der Waals surface area contributed by atoms with Crippen molar-refractivity contribution in [1.82, 2.24) is 19.7 Å².